The molecule has 2 fully saturated rings. The molecule has 4 aromatic carbocycles. The number of rotatable bonds is 16. The van der Waals surface area contributed by atoms with E-state index in [-0.39, 0.29) is 0 Å². The minimum absolute atomic E-state index is 0.328. The Morgan fingerprint density at radius 2 is 0.894 bits per heavy atom. The van der Waals surface area contributed by atoms with E-state index in [2.05, 4.69) is 48.5 Å². The first-order valence-corrected chi connectivity index (χ1v) is 17.2. The van der Waals surface area contributed by atoms with Crippen LogP contribution in [0.2, 0.25) is 0 Å². The van der Waals surface area contributed by atoms with Crippen molar-refractivity contribution in [3.05, 3.63) is 144 Å². The van der Waals surface area contributed by atoms with Crippen LogP contribution >= 0.6 is 0 Å². The zero-order valence-electron chi connectivity index (χ0n) is 27.2. The molecular weight excluding hydrogens is 588 g/mol. The van der Waals surface area contributed by atoms with Crippen LogP contribution in [0, 0.1) is 5.92 Å². The molecule has 1 aliphatic heterocycles. The highest BCUT2D eigenvalue weighted by Gasteiger charge is 2.49. The van der Waals surface area contributed by atoms with E-state index < -0.39 is 30.7 Å². The van der Waals surface area contributed by atoms with Crippen molar-refractivity contribution in [3.8, 4) is 0 Å². The fourth-order valence-electron chi connectivity index (χ4n) is 6.47. The Morgan fingerprint density at radius 1 is 0.447 bits per heavy atom. The van der Waals surface area contributed by atoms with Gasteiger partial charge in [0.2, 0.25) is 0 Å². The summed E-state index contributed by atoms with van der Waals surface area (Å²) in [6.45, 7) is 2.67. The van der Waals surface area contributed by atoms with Crippen LogP contribution in [-0.4, -0.2) is 43.9 Å². The van der Waals surface area contributed by atoms with E-state index >= 15 is 0 Å². The standard InChI is InChI=1S/C41H48O6/c1-6-16-32(17-7-1)26-42-31-37-38(43-27-33-18-8-2-9-19-33)39(44-28-34-20-10-3-11-21-34)40(45-29-35-22-12-4-13-23-35)41(47-37)46-30-36-24-14-5-15-25-36/h1-4,6-13,16-23,36-41H,5,14-15,24-31H2/t37-,38-,39+,40-,41?/m1/s1. The van der Waals surface area contributed by atoms with Crippen LogP contribution in [0.15, 0.2) is 121 Å². The van der Waals surface area contributed by atoms with E-state index in [1.54, 1.807) is 0 Å². The van der Waals surface area contributed by atoms with Crippen LogP contribution < -0.4 is 0 Å². The maximum atomic E-state index is 6.82. The van der Waals surface area contributed by atoms with Crippen LogP contribution in [0.25, 0.3) is 0 Å². The summed E-state index contributed by atoms with van der Waals surface area (Å²) >= 11 is 0. The average Bonchev–Trinajstić information content (AvgIpc) is 3.14. The Labute approximate surface area is 279 Å². The van der Waals surface area contributed by atoms with Gasteiger partial charge in [-0.25, -0.2) is 0 Å². The van der Waals surface area contributed by atoms with Gasteiger partial charge < -0.3 is 28.4 Å². The molecular formula is C41H48O6. The number of hydrogen-bond acceptors (Lipinski definition) is 6. The third-order valence-electron chi connectivity index (χ3n) is 9.06. The molecule has 0 amide bonds. The number of benzene rings is 4. The van der Waals surface area contributed by atoms with Crippen molar-refractivity contribution in [3.63, 3.8) is 0 Å². The summed E-state index contributed by atoms with van der Waals surface area (Å²) < 4.78 is 40.1. The van der Waals surface area contributed by atoms with Crippen LogP contribution in [0.5, 0.6) is 0 Å². The lowest BCUT2D eigenvalue weighted by molar-refractivity contribution is -0.330. The normalized spacial score (nSPS) is 23.4. The predicted octanol–water partition coefficient (Wildman–Crippen LogP) is 8.28. The SMILES string of the molecule is c1ccc(COC[C@H]2OC(OCC3CCCCC3)[C@H](OCc3ccccc3)[C@@H](OCc3ccccc3)[C@@H]2OCc2ccccc2)cc1. The van der Waals surface area contributed by atoms with Gasteiger partial charge >= 0.3 is 0 Å². The Morgan fingerprint density at radius 3 is 1.40 bits per heavy atom. The first-order valence-electron chi connectivity index (χ1n) is 17.2. The van der Waals surface area contributed by atoms with Gasteiger partial charge in [-0.2, -0.15) is 0 Å². The topological polar surface area (TPSA) is 55.4 Å². The molecule has 1 aliphatic carbocycles. The maximum Gasteiger partial charge on any atom is 0.186 e. The zero-order valence-corrected chi connectivity index (χ0v) is 27.2. The second kappa shape index (κ2) is 18.3. The molecule has 1 unspecified atom stereocenters. The highest BCUT2D eigenvalue weighted by molar-refractivity contribution is 5.16. The zero-order chi connectivity index (χ0) is 31.9. The molecule has 0 aromatic heterocycles. The molecule has 0 N–H and O–H groups in total. The maximum absolute atomic E-state index is 6.82. The summed E-state index contributed by atoms with van der Waals surface area (Å²) in [5, 5.41) is 0. The molecule has 1 heterocycles. The van der Waals surface area contributed by atoms with E-state index in [1.165, 1.54) is 32.1 Å². The molecule has 0 radical (unpaired) electrons. The lowest BCUT2D eigenvalue weighted by Gasteiger charge is -2.46. The first-order chi connectivity index (χ1) is 23.3. The molecule has 47 heavy (non-hydrogen) atoms. The molecule has 0 bridgehead atoms. The van der Waals surface area contributed by atoms with Crippen molar-refractivity contribution in [1.29, 1.82) is 0 Å². The van der Waals surface area contributed by atoms with Gasteiger partial charge in [0.25, 0.3) is 0 Å². The quantitative estimate of drug-likeness (QED) is 0.123. The fraction of sp³-hybridized carbons (Fsp3) is 0.415. The lowest BCUT2D eigenvalue weighted by Crippen LogP contribution is -2.62. The van der Waals surface area contributed by atoms with Gasteiger partial charge in [-0.15, -0.1) is 0 Å². The average molecular weight is 637 g/mol. The largest absolute Gasteiger partial charge is 0.374 e. The van der Waals surface area contributed by atoms with Crippen molar-refractivity contribution in [2.24, 2.45) is 5.92 Å². The molecule has 0 spiro atoms. The van der Waals surface area contributed by atoms with E-state index in [0.29, 0.717) is 45.6 Å². The third kappa shape index (κ3) is 10.3. The van der Waals surface area contributed by atoms with Gasteiger partial charge in [-0.05, 0) is 41.0 Å². The first kappa shape index (κ1) is 33.5. The van der Waals surface area contributed by atoms with Gasteiger partial charge in [0.1, 0.15) is 24.4 Å². The van der Waals surface area contributed by atoms with E-state index in [9.17, 15) is 0 Å². The molecule has 6 heteroatoms. The van der Waals surface area contributed by atoms with Gasteiger partial charge in [-0.1, -0.05) is 141 Å². The summed E-state index contributed by atoms with van der Waals surface area (Å²) in [6, 6.07) is 40.9. The van der Waals surface area contributed by atoms with Gasteiger partial charge in [-0.3, -0.25) is 0 Å². The minimum Gasteiger partial charge on any atom is -0.374 e. The van der Waals surface area contributed by atoms with Crippen LogP contribution in [0.4, 0.5) is 0 Å². The van der Waals surface area contributed by atoms with E-state index in [0.717, 1.165) is 22.3 Å². The third-order valence-corrected chi connectivity index (χ3v) is 9.06. The summed E-state index contributed by atoms with van der Waals surface area (Å²) in [6.07, 6.45) is 3.64. The Balaban J connectivity index is 1.27. The van der Waals surface area contributed by atoms with Crippen molar-refractivity contribution >= 4 is 0 Å². The summed E-state index contributed by atoms with van der Waals surface area (Å²) in [5.41, 5.74) is 4.35. The smallest absolute Gasteiger partial charge is 0.186 e. The van der Waals surface area contributed by atoms with Crippen molar-refractivity contribution in [1.82, 2.24) is 0 Å². The van der Waals surface area contributed by atoms with Crippen LogP contribution in [0.1, 0.15) is 54.4 Å². The highest BCUT2D eigenvalue weighted by Crippen LogP contribution is 2.33. The lowest BCUT2D eigenvalue weighted by atomic mass is 9.90. The minimum atomic E-state index is -0.636. The molecule has 2 aliphatic rings. The molecule has 1 saturated carbocycles. The number of ether oxygens (including phenoxy) is 6. The van der Waals surface area contributed by atoms with Crippen molar-refractivity contribution in [2.45, 2.75) is 89.2 Å². The summed E-state index contributed by atoms with van der Waals surface area (Å²) in [4.78, 5) is 0. The van der Waals surface area contributed by atoms with E-state index in [1.807, 2.05) is 72.8 Å². The Bertz CT molecular complexity index is 1400. The summed E-state index contributed by atoms with van der Waals surface area (Å²) in [7, 11) is 0. The predicted molar refractivity (Wildman–Crippen MR) is 182 cm³/mol. The van der Waals surface area contributed by atoms with Crippen LogP contribution in [-0.2, 0) is 54.8 Å². The second-order valence-corrected chi connectivity index (χ2v) is 12.7. The van der Waals surface area contributed by atoms with Crippen LogP contribution in [0.3, 0.4) is 0 Å². The molecule has 5 atom stereocenters. The Hall–Kier alpha value is -3.36. The van der Waals surface area contributed by atoms with E-state index in [4.69, 9.17) is 28.4 Å². The molecule has 248 valence electrons. The van der Waals surface area contributed by atoms with Crippen molar-refractivity contribution < 1.29 is 28.4 Å². The number of hydrogen-bond donors (Lipinski definition) is 0. The highest BCUT2D eigenvalue weighted by atomic mass is 16.7. The fourth-order valence-corrected chi connectivity index (χ4v) is 6.47. The van der Waals surface area contributed by atoms with Gasteiger partial charge in [0.15, 0.2) is 6.29 Å². The Kier molecular flexibility index (Phi) is 13.0. The molecule has 1 saturated heterocycles. The second-order valence-electron chi connectivity index (χ2n) is 12.7. The van der Waals surface area contributed by atoms with Gasteiger partial charge in [0.05, 0.1) is 39.6 Å². The molecule has 6 rings (SSSR count). The summed E-state index contributed by atoms with van der Waals surface area (Å²) in [5.74, 6) is 0.519. The monoisotopic (exact) mass is 636 g/mol. The van der Waals surface area contributed by atoms with Gasteiger partial charge in [0, 0.05) is 0 Å². The molecule has 6 nitrogen and oxygen atoms in total. The molecule has 4 aromatic rings. The van der Waals surface area contributed by atoms with Crippen molar-refractivity contribution in [2.75, 3.05) is 13.2 Å².